The fourth-order valence-corrected chi connectivity index (χ4v) is 4.34. The van der Waals surface area contributed by atoms with Gasteiger partial charge in [0.05, 0.1) is 11.7 Å². The maximum atomic E-state index is 12.7. The van der Waals surface area contributed by atoms with Crippen LogP contribution >= 0.6 is 11.6 Å². The normalized spacial score (nSPS) is 14.6. The van der Waals surface area contributed by atoms with Gasteiger partial charge in [0.15, 0.2) is 5.82 Å². The molecule has 4 rings (SSSR count). The summed E-state index contributed by atoms with van der Waals surface area (Å²) in [5.41, 5.74) is 2.22. The van der Waals surface area contributed by atoms with Crippen molar-refractivity contribution >= 4 is 45.7 Å². The molecule has 0 radical (unpaired) electrons. The number of fused-ring (bicyclic) bond motifs is 1. The molecule has 8 heteroatoms. The summed E-state index contributed by atoms with van der Waals surface area (Å²) in [4.78, 5) is 35.8. The SMILES string of the molecule is CCC(=O)CCc1cc2cc(Nc3nc(N4CCC(C)CC4)ncc3Cl)ccc2n(C)c1=O. The fraction of sp³-hybridized carbons (Fsp3) is 0.440. The zero-order valence-corrected chi connectivity index (χ0v) is 20.2. The molecule has 1 saturated heterocycles. The lowest BCUT2D eigenvalue weighted by molar-refractivity contribution is -0.118. The Bertz CT molecular complexity index is 1230. The van der Waals surface area contributed by atoms with Gasteiger partial charge in [-0.2, -0.15) is 4.98 Å². The second-order valence-electron chi connectivity index (χ2n) is 8.86. The number of pyridine rings is 1. The van der Waals surface area contributed by atoms with Crippen molar-refractivity contribution < 1.29 is 4.79 Å². The number of ketones is 1. The van der Waals surface area contributed by atoms with Gasteiger partial charge in [0.1, 0.15) is 10.8 Å². The van der Waals surface area contributed by atoms with Crippen molar-refractivity contribution in [2.45, 2.75) is 46.0 Å². The van der Waals surface area contributed by atoms with Crippen LogP contribution in [0.25, 0.3) is 10.9 Å². The first kappa shape index (κ1) is 23.2. The van der Waals surface area contributed by atoms with Gasteiger partial charge in [0.2, 0.25) is 5.95 Å². The minimum absolute atomic E-state index is 0.0635. The van der Waals surface area contributed by atoms with Crippen molar-refractivity contribution in [2.24, 2.45) is 13.0 Å². The van der Waals surface area contributed by atoms with Crippen molar-refractivity contribution in [1.29, 1.82) is 0 Å². The molecule has 33 heavy (non-hydrogen) atoms. The Morgan fingerprint density at radius 1 is 1.24 bits per heavy atom. The summed E-state index contributed by atoms with van der Waals surface area (Å²) in [7, 11) is 1.76. The van der Waals surface area contributed by atoms with Gasteiger partial charge < -0.3 is 14.8 Å². The van der Waals surface area contributed by atoms with Crippen LogP contribution in [0.5, 0.6) is 0 Å². The third-order valence-corrected chi connectivity index (χ3v) is 6.70. The van der Waals surface area contributed by atoms with Crippen molar-refractivity contribution in [3.63, 3.8) is 0 Å². The van der Waals surface area contributed by atoms with E-state index in [2.05, 4.69) is 27.1 Å². The zero-order chi connectivity index (χ0) is 23.5. The van der Waals surface area contributed by atoms with Gasteiger partial charge in [0, 0.05) is 49.6 Å². The van der Waals surface area contributed by atoms with E-state index in [1.807, 2.05) is 31.2 Å². The number of halogens is 1. The molecule has 1 aliphatic heterocycles. The number of Topliss-reactive ketones (excluding diaryl/α,β-unsaturated/α-hetero) is 1. The molecule has 0 spiro atoms. The predicted octanol–water partition coefficient (Wildman–Crippen LogP) is 4.87. The molecule has 0 unspecified atom stereocenters. The molecule has 1 N–H and O–H groups in total. The molecule has 2 aromatic heterocycles. The van der Waals surface area contributed by atoms with Crippen molar-refractivity contribution in [3.05, 3.63) is 51.4 Å². The Morgan fingerprint density at radius 3 is 2.73 bits per heavy atom. The molecule has 0 atom stereocenters. The summed E-state index contributed by atoms with van der Waals surface area (Å²) < 4.78 is 1.64. The lowest BCUT2D eigenvalue weighted by Crippen LogP contribution is -2.34. The number of carbonyl (C=O) groups excluding carboxylic acids is 1. The van der Waals surface area contributed by atoms with E-state index in [4.69, 9.17) is 11.6 Å². The lowest BCUT2D eigenvalue weighted by Gasteiger charge is -2.30. The van der Waals surface area contributed by atoms with Crippen molar-refractivity contribution in [3.8, 4) is 0 Å². The number of piperidine rings is 1. The minimum Gasteiger partial charge on any atom is -0.341 e. The Hall–Kier alpha value is -2.93. The van der Waals surface area contributed by atoms with Gasteiger partial charge >= 0.3 is 0 Å². The summed E-state index contributed by atoms with van der Waals surface area (Å²) in [6.07, 6.45) is 5.21. The summed E-state index contributed by atoms with van der Waals surface area (Å²) in [5.74, 6) is 2.12. The molecule has 1 aromatic carbocycles. The summed E-state index contributed by atoms with van der Waals surface area (Å²) >= 11 is 6.40. The fourth-order valence-electron chi connectivity index (χ4n) is 4.20. The van der Waals surface area contributed by atoms with E-state index in [1.54, 1.807) is 17.8 Å². The number of benzene rings is 1. The van der Waals surface area contributed by atoms with E-state index in [0.717, 1.165) is 48.4 Å². The first-order chi connectivity index (χ1) is 15.9. The number of anilines is 3. The highest BCUT2D eigenvalue weighted by Crippen LogP contribution is 2.28. The molecular weight excluding hydrogens is 438 g/mol. The van der Waals surface area contributed by atoms with Crippen LogP contribution in [0.4, 0.5) is 17.5 Å². The Balaban J connectivity index is 1.61. The van der Waals surface area contributed by atoms with Crippen LogP contribution in [-0.4, -0.2) is 33.4 Å². The highest BCUT2D eigenvalue weighted by molar-refractivity contribution is 6.32. The van der Waals surface area contributed by atoms with Gasteiger partial charge in [-0.05, 0) is 49.4 Å². The van der Waals surface area contributed by atoms with Gasteiger partial charge in [-0.15, -0.1) is 0 Å². The molecule has 0 amide bonds. The monoisotopic (exact) mass is 467 g/mol. The first-order valence-corrected chi connectivity index (χ1v) is 11.9. The van der Waals surface area contributed by atoms with E-state index in [-0.39, 0.29) is 11.3 Å². The molecule has 0 aliphatic carbocycles. The number of hydrogen-bond acceptors (Lipinski definition) is 6. The Morgan fingerprint density at radius 2 is 2.00 bits per heavy atom. The number of nitrogens with zero attached hydrogens (tertiary/aromatic N) is 4. The minimum atomic E-state index is -0.0635. The second-order valence-corrected chi connectivity index (χ2v) is 9.27. The van der Waals surface area contributed by atoms with Crippen molar-refractivity contribution in [1.82, 2.24) is 14.5 Å². The third-order valence-electron chi connectivity index (χ3n) is 6.43. The van der Waals surface area contributed by atoms with E-state index < -0.39 is 0 Å². The predicted molar refractivity (Wildman–Crippen MR) is 134 cm³/mol. The Labute approximate surface area is 198 Å². The van der Waals surface area contributed by atoms with E-state index in [0.29, 0.717) is 41.6 Å². The van der Waals surface area contributed by atoms with E-state index in [9.17, 15) is 9.59 Å². The molecule has 3 heterocycles. The maximum Gasteiger partial charge on any atom is 0.253 e. The summed E-state index contributed by atoms with van der Waals surface area (Å²) in [5, 5.41) is 4.68. The highest BCUT2D eigenvalue weighted by Gasteiger charge is 2.19. The van der Waals surface area contributed by atoms with Crippen LogP contribution in [0, 0.1) is 5.92 Å². The number of carbonyl (C=O) groups is 1. The van der Waals surface area contributed by atoms with Crippen LogP contribution in [0.3, 0.4) is 0 Å². The maximum absolute atomic E-state index is 12.7. The number of aromatic nitrogens is 3. The van der Waals surface area contributed by atoms with E-state index >= 15 is 0 Å². The van der Waals surface area contributed by atoms with Gasteiger partial charge in [-0.1, -0.05) is 25.4 Å². The van der Waals surface area contributed by atoms with Gasteiger partial charge in [0.25, 0.3) is 5.56 Å². The second kappa shape index (κ2) is 9.91. The zero-order valence-electron chi connectivity index (χ0n) is 19.4. The molecule has 3 aromatic rings. The standard InChI is InChI=1S/C25H30ClN5O2/c1-4-20(32)7-5-17-13-18-14-19(6-8-22(18)30(3)24(17)33)28-23-21(26)15-27-25(29-23)31-11-9-16(2)10-12-31/h6,8,13-16H,4-5,7,9-12H2,1-3H3,(H,27,28,29). The first-order valence-electron chi connectivity index (χ1n) is 11.5. The van der Waals surface area contributed by atoms with Crippen LogP contribution in [0.2, 0.25) is 5.02 Å². The van der Waals surface area contributed by atoms with Gasteiger partial charge in [-0.25, -0.2) is 4.98 Å². The van der Waals surface area contributed by atoms with Crippen LogP contribution in [-0.2, 0) is 18.3 Å². The topological polar surface area (TPSA) is 80.1 Å². The average Bonchev–Trinajstić information content (AvgIpc) is 2.82. The smallest absolute Gasteiger partial charge is 0.253 e. The van der Waals surface area contributed by atoms with E-state index in [1.165, 1.54) is 0 Å². The van der Waals surface area contributed by atoms with Crippen LogP contribution < -0.4 is 15.8 Å². The number of hydrogen-bond donors (Lipinski definition) is 1. The number of aryl methyl sites for hydroxylation is 2. The third kappa shape index (κ3) is 5.19. The highest BCUT2D eigenvalue weighted by atomic mass is 35.5. The van der Waals surface area contributed by atoms with Crippen molar-refractivity contribution in [2.75, 3.05) is 23.3 Å². The largest absolute Gasteiger partial charge is 0.341 e. The molecule has 174 valence electrons. The summed E-state index contributed by atoms with van der Waals surface area (Å²) in [6, 6.07) is 7.67. The number of rotatable bonds is 7. The molecular formula is C25H30ClN5O2. The average molecular weight is 468 g/mol. The quantitative estimate of drug-likeness (QED) is 0.533. The molecule has 0 bridgehead atoms. The number of nitrogens with one attached hydrogen (secondary N) is 1. The molecule has 1 fully saturated rings. The lowest BCUT2D eigenvalue weighted by atomic mass is 10.00. The van der Waals surface area contributed by atoms with Gasteiger partial charge in [-0.3, -0.25) is 9.59 Å². The Kier molecular flexibility index (Phi) is 6.98. The molecule has 7 nitrogen and oxygen atoms in total. The molecule has 1 aliphatic rings. The van der Waals surface area contributed by atoms with Crippen LogP contribution in [0.15, 0.2) is 35.3 Å². The van der Waals surface area contributed by atoms with Crippen LogP contribution in [0.1, 0.15) is 45.1 Å². The molecule has 0 saturated carbocycles. The summed E-state index contributed by atoms with van der Waals surface area (Å²) in [6.45, 7) is 6.00.